The molecule has 0 saturated heterocycles. The number of aryl methyl sites for hydroxylation is 3. The van der Waals surface area contributed by atoms with Gasteiger partial charge in [0.25, 0.3) is 5.91 Å². The van der Waals surface area contributed by atoms with Crippen molar-refractivity contribution in [2.75, 3.05) is 5.32 Å². The maximum absolute atomic E-state index is 12.5. The van der Waals surface area contributed by atoms with Crippen LogP contribution in [0.1, 0.15) is 21.6 Å². The van der Waals surface area contributed by atoms with Crippen LogP contribution in [0.5, 0.6) is 0 Å². The van der Waals surface area contributed by atoms with Crippen molar-refractivity contribution >= 4 is 17.2 Å². The lowest BCUT2D eigenvalue weighted by Crippen LogP contribution is -2.17. The van der Waals surface area contributed by atoms with E-state index in [1.165, 1.54) is 5.56 Å². The van der Waals surface area contributed by atoms with Crippen LogP contribution in [0.2, 0.25) is 0 Å². The Morgan fingerprint density at radius 3 is 2.62 bits per heavy atom. The third-order valence-corrected chi connectivity index (χ3v) is 4.52. The molecule has 0 aliphatic heterocycles. The van der Waals surface area contributed by atoms with Gasteiger partial charge in [-0.15, -0.1) is 0 Å². The zero-order valence-corrected chi connectivity index (χ0v) is 14.9. The Hall–Kier alpha value is -3.41. The van der Waals surface area contributed by atoms with Crippen molar-refractivity contribution < 1.29 is 4.79 Å². The summed E-state index contributed by atoms with van der Waals surface area (Å²) in [5.74, 6) is -0.188. The first-order chi connectivity index (χ1) is 12.5. The summed E-state index contributed by atoms with van der Waals surface area (Å²) >= 11 is 0. The molecule has 0 unspecified atom stereocenters. The summed E-state index contributed by atoms with van der Waals surface area (Å²) in [5.41, 5.74) is 6.26. The second-order valence-corrected chi connectivity index (χ2v) is 6.37. The van der Waals surface area contributed by atoms with Gasteiger partial charge < -0.3 is 9.72 Å². The number of carbonyl (C=O) groups is 1. The van der Waals surface area contributed by atoms with E-state index in [-0.39, 0.29) is 5.91 Å². The van der Waals surface area contributed by atoms with Gasteiger partial charge in [-0.1, -0.05) is 24.3 Å². The van der Waals surface area contributed by atoms with Crippen molar-refractivity contribution in [3.05, 3.63) is 71.8 Å². The summed E-state index contributed by atoms with van der Waals surface area (Å²) in [6, 6.07) is 11.8. The number of benzene rings is 1. The lowest BCUT2D eigenvalue weighted by Gasteiger charge is -2.09. The number of hydrogen-bond donors (Lipinski definition) is 1. The molecule has 0 fully saturated rings. The van der Waals surface area contributed by atoms with Crippen LogP contribution in [0.4, 0.5) is 5.69 Å². The number of aromatic nitrogens is 4. The van der Waals surface area contributed by atoms with E-state index in [2.05, 4.69) is 29.5 Å². The number of nitrogens with one attached hydrogen (secondary N) is 1. The first kappa shape index (κ1) is 16.1. The number of anilines is 1. The van der Waals surface area contributed by atoms with Crippen molar-refractivity contribution in [3.63, 3.8) is 0 Å². The number of imidazole rings is 1. The Kier molecular flexibility index (Phi) is 3.80. The second kappa shape index (κ2) is 6.15. The fraction of sp³-hybridized carbons (Fsp3) is 0.150. The van der Waals surface area contributed by atoms with E-state index < -0.39 is 0 Å². The van der Waals surface area contributed by atoms with E-state index in [1.54, 1.807) is 24.0 Å². The van der Waals surface area contributed by atoms with Crippen LogP contribution < -0.4 is 5.32 Å². The smallest absolute Gasteiger partial charge is 0.273 e. The molecule has 0 radical (unpaired) electrons. The van der Waals surface area contributed by atoms with Crippen LogP contribution in [0.25, 0.3) is 16.9 Å². The largest absolute Gasteiger partial charge is 0.319 e. The highest BCUT2D eigenvalue weighted by Crippen LogP contribution is 2.25. The second-order valence-electron chi connectivity index (χ2n) is 6.37. The predicted molar refractivity (Wildman–Crippen MR) is 101 cm³/mol. The van der Waals surface area contributed by atoms with E-state index in [1.807, 2.05) is 41.9 Å². The van der Waals surface area contributed by atoms with Crippen LogP contribution >= 0.6 is 0 Å². The predicted octanol–water partition coefficient (Wildman–Crippen LogP) is 3.60. The Labute approximate surface area is 151 Å². The standard InChI is InChI=1S/C20H19N5O/c1-13-6-4-5-7-15(13)17-12-25-11-16(14(2)10-19(25)22-17)23-20(26)18-8-9-21-24(18)3/h4-12H,1-3H3,(H,23,26). The maximum Gasteiger partial charge on any atom is 0.273 e. The topological polar surface area (TPSA) is 64.2 Å². The molecule has 4 aromatic rings. The monoisotopic (exact) mass is 345 g/mol. The van der Waals surface area contributed by atoms with Gasteiger partial charge in [-0.25, -0.2) is 4.98 Å². The Morgan fingerprint density at radius 2 is 1.88 bits per heavy atom. The summed E-state index contributed by atoms with van der Waals surface area (Å²) < 4.78 is 3.49. The minimum atomic E-state index is -0.188. The van der Waals surface area contributed by atoms with E-state index in [9.17, 15) is 4.79 Å². The minimum absolute atomic E-state index is 0.188. The van der Waals surface area contributed by atoms with Gasteiger partial charge in [-0.3, -0.25) is 9.48 Å². The zero-order valence-electron chi connectivity index (χ0n) is 14.9. The van der Waals surface area contributed by atoms with Crippen LogP contribution in [0, 0.1) is 13.8 Å². The lowest BCUT2D eigenvalue weighted by atomic mass is 10.1. The molecule has 1 aromatic carbocycles. The fourth-order valence-electron chi connectivity index (χ4n) is 3.03. The number of nitrogens with zero attached hydrogens (tertiary/aromatic N) is 4. The molecular formula is C20H19N5O. The molecule has 3 heterocycles. The van der Waals surface area contributed by atoms with E-state index in [4.69, 9.17) is 4.98 Å². The first-order valence-corrected chi connectivity index (χ1v) is 8.37. The lowest BCUT2D eigenvalue weighted by molar-refractivity contribution is 0.101. The summed E-state index contributed by atoms with van der Waals surface area (Å²) in [7, 11) is 1.75. The van der Waals surface area contributed by atoms with E-state index >= 15 is 0 Å². The molecule has 0 atom stereocenters. The summed E-state index contributed by atoms with van der Waals surface area (Å²) in [5, 5.41) is 7.00. The van der Waals surface area contributed by atoms with Crippen molar-refractivity contribution in [3.8, 4) is 11.3 Å². The van der Waals surface area contributed by atoms with Gasteiger partial charge in [-0.05, 0) is 37.1 Å². The van der Waals surface area contributed by atoms with Crippen molar-refractivity contribution in [1.82, 2.24) is 19.2 Å². The van der Waals surface area contributed by atoms with Crippen molar-refractivity contribution in [2.45, 2.75) is 13.8 Å². The number of amides is 1. The van der Waals surface area contributed by atoms with Crippen LogP contribution in [0.15, 0.2) is 55.0 Å². The average molecular weight is 345 g/mol. The maximum atomic E-state index is 12.5. The SMILES string of the molecule is Cc1cc2nc(-c3ccccc3C)cn2cc1NC(=O)c1ccnn1C. The fourth-order valence-corrected chi connectivity index (χ4v) is 3.03. The Bertz CT molecular complexity index is 1120. The van der Waals surface area contributed by atoms with E-state index in [0.717, 1.165) is 28.2 Å². The van der Waals surface area contributed by atoms with Gasteiger partial charge in [-0.2, -0.15) is 5.10 Å². The quantitative estimate of drug-likeness (QED) is 0.617. The van der Waals surface area contributed by atoms with Gasteiger partial charge in [0.15, 0.2) is 0 Å². The molecule has 3 aromatic heterocycles. The van der Waals surface area contributed by atoms with Crippen molar-refractivity contribution in [1.29, 1.82) is 0 Å². The Balaban J connectivity index is 1.71. The molecular weight excluding hydrogens is 326 g/mol. The van der Waals surface area contributed by atoms with Gasteiger partial charge in [0.05, 0.1) is 11.4 Å². The molecule has 130 valence electrons. The number of pyridine rings is 1. The normalized spacial score (nSPS) is 11.0. The number of fused-ring (bicyclic) bond motifs is 1. The minimum Gasteiger partial charge on any atom is -0.319 e. The molecule has 26 heavy (non-hydrogen) atoms. The highest BCUT2D eigenvalue weighted by Gasteiger charge is 2.13. The first-order valence-electron chi connectivity index (χ1n) is 8.37. The molecule has 0 bridgehead atoms. The highest BCUT2D eigenvalue weighted by molar-refractivity contribution is 6.03. The molecule has 1 N–H and O–H groups in total. The van der Waals surface area contributed by atoms with Crippen LogP contribution in [-0.2, 0) is 7.05 Å². The zero-order chi connectivity index (χ0) is 18.3. The van der Waals surface area contributed by atoms with Crippen LogP contribution in [0.3, 0.4) is 0 Å². The van der Waals surface area contributed by atoms with Gasteiger partial charge in [0, 0.05) is 31.2 Å². The molecule has 0 saturated carbocycles. The van der Waals surface area contributed by atoms with Crippen molar-refractivity contribution in [2.24, 2.45) is 7.05 Å². The van der Waals surface area contributed by atoms with E-state index in [0.29, 0.717) is 5.69 Å². The number of carbonyl (C=O) groups excluding carboxylic acids is 1. The molecule has 0 spiro atoms. The molecule has 1 amide bonds. The van der Waals surface area contributed by atoms with Crippen LogP contribution in [-0.4, -0.2) is 25.1 Å². The third-order valence-electron chi connectivity index (χ3n) is 4.52. The molecule has 6 nitrogen and oxygen atoms in total. The summed E-state index contributed by atoms with van der Waals surface area (Å²) in [6.45, 7) is 4.03. The highest BCUT2D eigenvalue weighted by atomic mass is 16.2. The average Bonchev–Trinajstić information content (AvgIpc) is 3.21. The molecule has 0 aliphatic carbocycles. The van der Waals surface area contributed by atoms with Gasteiger partial charge >= 0.3 is 0 Å². The molecule has 0 aliphatic rings. The van der Waals surface area contributed by atoms with Gasteiger partial charge in [0.1, 0.15) is 11.3 Å². The summed E-state index contributed by atoms with van der Waals surface area (Å²) in [6.07, 6.45) is 5.49. The number of hydrogen-bond acceptors (Lipinski definition) is 3. The van der Waals surface area contributed by atoms with Gasteiger partial charge in [0.2, 0.25) is 0 Å². The third kappa shape index (κ3) is 2.75. The summed E-state index contributed by atoms with van der Waals surface area (Å²) in [4.78, 5) is 17.2. The molecule has 6 heteroatoms. The number of rotatable bonds is 3. The molecule has 4 rings (SSSR count). The Morgan fingerprint density at radius 1 is 1.08 bits per heavy atom.